The van der Waals surface area contributed by atoms with Crippen LogP contribution in [0.25, 0.3) is 11.2 Å². The zero-order chi connectivity index (χ0) is 19.0. The van der Waals surface area contributed by atoms with Crippen LogP contribution in [0.2, 0.25) is 5.02 Å². The summed E-state index contributed by atoms with van der Waals surface area (Å²) in [6.07, 6.45) is 1.47. The molecular formula is C16H17ClN5O4+. The number of nitrogens with one attached hydrogen (secondary N) is 2. The van der Waals surface area contributed by atoms with Crippen molar-refractivity contribution in [1.29, 1.82) is 0 Å². The second-order valence-corrected chi connectivity index (χ2v) is 6.13. The van der Waals surface area contributed by atoms with Crippen molar-refractivity contribution < 1.29 is 14.1 Å². The maximum absolute atomic E-state index is 12.4. The van der Waals surface area contributed by atoms with E-state index in [4.69, 9.17) is 16.3 Å². The Hall–Kier alpha value is -3.07. The molecule has 0 saturated carbocycles. The molecule has 0 aliphatic rings. The molecule has 0 atom stereocenters. The van der Waals surface area contributed by atoms with Crippen LogP contribution in [0.1, 0.15) is 0 Å². The average molecular weight is 379 g/mol. The molecule has 1 aromatic carbocycles. The number of carbonyl (C=O) groups is 1. The van der Waals surface area contributed by atoms with E-state index in [-0.39, 0.29) is 18.0 Å². The fourth-order valence-corrected chi connectivity index (χ4v) is 2.87. The minimum Gasteiger partial charge on any atom is -0.495 e. The predicted octanol–water partition coefficient (Wildman–Crippen LogP) is 0.153. The molecule has 136 valence electrons. The monoisotopic (exact) mass is 378 g/mol. The van der Waals surface area contributed by atoms with Gasteiger partial charge in [0.1, 0.15) is 5.75 Å². The number of benzene rings is 1. The lowest BCUT2D eigenvalue weighted by Crippen LogP contribution is -2.46. The van der Waals surface area contributed by atoms with Crippen LogP contribution in [-0.2, 0) is 25.4 Å². The number of aromatic nitrogens is 4. The topological polar surface area (TPSA) is 102 Å². The summed E-state index contributed by atoms with van der Waals surface area (Å²) < 4.78 is 8.94. The Balaban J connectivity index is 1.95. The summed E-state index contributed by atoms with van der Waals surface area (Å²) in [5, 5.41) is 3.15. The molecule has 2 N–H and O–H groups in total. The lowest BCUT2D eigenvalue weighted by molar-refractivity contribution is -0.658. The summed E-state index contributed by atoms with van der Waals surface area (Å²) >= 11 is 5.96. The quantitative estimate of drug-likeness (QED) is 0.631. The summed E-state index contributed by atoms with van der Waals surface area (Å²) in [6, 6.07) is 4.86. The van der Waals surface area contributed by atoms with Gasteiger partial charge in [-0.2, -0.15) is 0 Å². The van der Waals surface area contributed by atoms with Crippen molar-refractivity contribution in [3.05, 3.63) is 50.4 Å². The molecular weight excluding hydrogens is 362 g/mol. The van der Waals surface area contributed by atoms with E-state index in [1.807, 2.05) is 0 Å². The number of halogens is 1. The molecule has 0 aliphatic carbocycles. The highest BCUT2D eigenvalue weighted by atomic mass is 35.5. The van der Waals surface area contributed by atoms with E-state index >= 15 is 0 Å². The molecule has 0 unspecified atom stereocenters. The van der Waals surface area contributed by atoms with Crippen molar-refractivity contribution >= 4 is 34.4 Å². The van der Waals surface area contributed by atoms with Gasteiger partial charge in [0.05, 0.1) is 12.8 Å². The van der Waals surface area contributed by atoms with Crippen molar-refractivity contribution in [3.8, 4) is 5.75 Å². The minimum absolute atomic E-state index is 0.136. The zero-order valence-electron chi connectivity index (χ0n) is 14.4. The summed E-state index contributed by atoms with van der Waals surface area (Å²) in [5.74, 6) is 0.0809. The number of methoxy groups -OCH3 is 1. The molecule has 26 heavy (non-hydrogen) atoms. The van der Waals surface area contributed by atoms with Crippen molar-refractivity contribution in [2.75, 3.05) is 12.4 Å². The zero-order valence-corrected chi connectivity index (χ0v) is 15.1. The van der Waals surface area contributed by atoms with Gasteiger partial charge in [-0.25, -0.2) is 14.3 Å². The number of hydrogen-bond donors (Lipinski definition) is 2. The van der Waals surface area contributed by atoms with E-state index in [0.29, 0.717) is 22.1 Å². The van der Waals surface area contributed by atoms with Crippen LogP contribution in [-0.4, -0.2) is 27.1 Å². The third kappa shape index (κ3) is 2.97. The van der Waals surface area contributed by atoms with E-state index in [1.165, 1.54) is 29.6 Å². The van der Waals surface area contributed by atoms with Crippen molar-refractivity contribution in [1.82, 2.24) is 14.1 Å². The number of carbonyl (C=O) groups excluding carboxylic acids is 1. The molecule has 1 amide bonds. The number of aryl methyl sites for hydroxylation is 1. The van der Waals surface area contributed by atoms with Gasteiger partial charge in [-0.15, -0.1) is 0 Å². The first-order valence-corrected chi connectivity index (χ1v) is 8.01. The van der Waals surface area contributed by atoms with E-state index < -0.39 is 11.2 Å². The van der Waals surface area contributed by atoms with Gasteiger partial charge in [-0.3, -0.25) is 18.7 Å². The van der Waals surface area contributed by atoms with E-state index in [1.54, 1.807) is 25.2 Å². The van der Waals surface area contributed by atoms with Crippen LogP contribution in [0.5, 0.6) is 5.75 Å². The van der Waals surface area contributed by atoms with Gasteiger partial charge >= 0.3 is 11.2 Å². The van der Waals surface area contributed by atoms with Crippen molar-refractivity contribution in [2.45, 2.75) is 6.54 Å². The Labute approximate surface area is 152 Å². The number of imidazole rings is 1. The van der Waals surface area contributed by atoms with Crippen LogP contribution >= 0.6 is 11.6 Å². The van der Waals surface area contributed by atoms with Crippen LogP contribution in [0.3, 0.4) is 0 Å². The summed E-state index contributed by atoms with van der Waals surface area (Å²) in [7, 11) is 4.41. The first-order chi connectivity index (χ1) is 12.3. The fraction of sp³-hybridized carbons (Fsp3) is 0.250. The predicted molar refractivity (Wildman–Crippen MR) is 95.6 cm³/mol. The van der Waals surface area contributed by atoms with Gasteiger partial charge in [-0.1, -0.05) is 11.6 Å². The Kier molecular flexibility index (Phi) is 4.56. The van der Waals surface area contributed by atoms with E-state index in [2.05, 4.69) is 10.3 Å². The van der Waals surface area contributed by atoms with Crippen LogP contribution in [0, 0.1) is 0 Å². The van der Waals surface area contributed by atoms with Crippen LogP contribution in [0.15, 0.2) is 34.1 Å². The molecule has 0 saturated heterocycles. The number of ether oxygens (including phenoxy) is 1. The molecule has 0 radical (unpaired) electrons. The van der Waals surface area contributed by atoms with Gasteiger partial charge in [0.15, 0.2) is 6.54 Å². The summed E-state index contributed by atoms with van der Waals surface area (Å²) in [6.45, 7) is -0.136. The van der Waals surface area contributed by atoms with Crippen LogP contribution in [0.4, 0.5) is 5.69 Å². The van der Waals surface area contributed by atoms with Gasteiger partial charge < -0.3 is 10.1 Å². The third-order valence-corrected chi connectivity index (χ3v) is 4.27. The highest BCUT2D eigenvalue weighted by molar-refractivity contribution is 6.31. The molecule has 0 aliphatic heterocycles. The Morgan fingerprint density at radius 3 is 2.73 bits per heavy atom. The number of H-pyrrole nitrogens is 1. The fourth-order valence-electron chi connectivity index (χ4n) is 2.70. The van der Waals surface area contributed by atoms with E-state index in [9.17, 15) is 14.4 Å². The molecule has 9 nitrogen and oxygen atoms in total. The number of nitrogens with zero attached hydrogens (tertiary/aromatic N) is 3. The third-order valence-electron chi connectivity index (χ3n) is 4.03. The number of anilines is 1. The smallest absolute Gasteiger partial charge is 0.333 e. The van der Waals surface area contributed by atoms with Gasteiger partial charge in [-0.05, 0) is 18.2 Å². The largest absolute Gasteiger partial charge is 0.495 e. The molecule has 0 bridgehead atoms. The highest BCUT2D eigenvalue weighted by Gasteiger charge is 2.22. The van der Waals surface area contributed by atoms with Gasteiger partial charge in [0.25, 0.3) is 17.1 Å². The first kappa shape index (κ1) is 17.7. The Morgan fingerprint density at radius 2 is 2.04 bits per heavy atom. The maximum atomic E-state index is 12.4. The molecule has 3 aromatic rings. The number of aromatic amines is 1. The minimum atomic E-state index is -0.488. The van der Waals surface area contributed by atoms with Crippen LogP contribution < -0.4 is 25.9 Å². The lowest BCUT2D eigenvalue weighted by atomic mass is 10.3. The molecule has 3 rings (SSSR count). The number of hydrogen-bond acceptors (Lipinski definition) is 4. The average Bonchev–Trinajstić information content (AvgIpc) is 3.02. The lowest BCUT2D eigenvalue weighted by Gasteiger charge is -2.09. The standard InChI is InChI=1S/C16H16ClN5O4/c1-20-14-13(15(24)21(2)16(20)25)22(8-18-14)7-12(23)19-10-6-9(17)4-5-11(10)26-3/h4-6,8H,7H2,1-3H3,(H,19,23)/p+1. The number of amides is 1. The molecule has 2 aromatic heterocycles. The SMILES string of the molecule is COc1ccc(Cl)cc1NC(=O)C[n+]1c[nH]c2c1c(=O)n(C)c(=O)n2C. The second kappa shape index (κ2) is 6.68. The molecule has 10 heteroatoms. The number of fused-ring (bicyclic) bond motifs is 1. The molecule has 0 spiro atoms. The molecule has 2 heterocycles. The Bertz CT molecular complexity index is 1130. The number of rotatable bonds is 4. The van der Waals surface area contributed by atoms with E-state index in [0.717, 1.165) is 4.57 Å². The van der Waals surface area contributed by atoms with Crippen molar-refractivity contribution in [3.63, 3.8) is 0 Å². The highest BCUT2D eigenvalue weighted by Crippen LogP contribution is 2.27. The van der Waals surface area contributed by atoms with Gasteiger partial charge in [0.2, 0.25) is 6.33 Å². The maximum Gasteiger partial charge on any atom is 0.333 e. The Morgan fingerprint density at radius 1 is 1.31 bits per heavy atom. The molecule has 0 fully saturated rings. The normalized spacial score (nSPS) is 10.9. The first-order valence-electron chi connectivity index (χ1n) is 7.63. The summed E-state index contributed by atoms with van der Waals surface area (Å²) in [4.78, 5) is 39.7. The van der Waals surface area contributed by atoms with Gasteiger partial charge in [0, 0.05) is 19.1 Å². The second-order valence-electron chi connectivity index (χ2n) is 5.70. The summed E-state index contributed by atoms with van der Waals surface area (Å²) in [5.41, 5.74) is 0.0434. The van der Waals surface area contributed by atoms with Crippen molar-refractivity contribution in [2.24, 2.45) is 14.1 Å².